The van der Waals surface area contributed by atoms with E-state index in [1.54, 1.807) is 6.07 Å². The Balaban J connectivity index is 2.91. The van der Waals surface area contributed by atoms with Crippen LogP contribution < -0.4 is 5.32 Å². The summed E-state index contributed by atoms with van der Waals surface area (Å²) in [7, 11) is 0. The van der Waals surface area contributed by atoms with E-state index < -0.39 is 17.2 Å². The van der Waals surface area contributed by atoms with Gasteiger partial charge in [0.15, 0.2) is 11.6 Å². The standard InChI is InChI=1S/C16H25F2NO/c1-5-10-19-14(16(3,4)20-6-2)11-12-8-7-9-13(17)15(12)18/h7-9,14,19H,5-6,10-11H2,1-4H3. The largest absolute Gasteiger partial charge is 0.374 e. The van der Waals surface area contributed by atoms with Gasteiger partial charge in [-0.25, -0.2) is 8.78 Å². The van der Waals surface area contributed by atoms with Gasteiger partial charge < -0.3 is 10.1 Å². The molecular weight excluding hydrogens is 260 g/mol. The predicted octanol–water partition coefficient (Wildman–Crippen LogP) is 3.69. The summed E-state index contributed by atoms with van der Waals surface area (Å²) in [5.74, 6) is -1.56. The zero-order valence-electron chi connectivity index (χ0n) is 12.8. The summed E-state index contributed by atoms with van der Waals surface area (Å²) in [5.41, 5.74) is -0.0609. The molecule has 0 radical (unpaired) electrons. The van der Waals surface area contributed by atoms with Crippen LogP contribution in [0.3, 0.4) is 0 Å². The summed E-state index contributed by atoms with van der Waals surface area (Å²) < 4.78 is 32.9. The molecule has 20 heavy (non-hydrogen) atoms. The van der Waals surface area contributed by atoms with Gasteiger partial charge in [0.25, 0.3) is 0 Å². The van der Waals surface area contributed by atoms with Crippen LogP contribution in [0.5, 0.6) is 0 Å². The maximum atomic E-state index is 13.8. The normalized spacial score (nSPS) is 13.5. The molecule has 0 aromatic heterocycles. The van der Waals surface area contributed by atoms with Crippen molar-refractivity contribution in [3.63, 3.8) is 0 Å². The van der Waals surface area contributed by atoms with Crippen molar-refractivity contribution in [2.75, 3.05) is 13.2 Å². The zero-order valence-corrected chi connectivity index (χ0v) is 12.8. The molecule has 1 N–H and O–H groups in total. The molecule has 1 unspecified atom stereocenters. The molecule has 0 fully saturated rings. The van der Waals surface area contributed by atoms with Gasteiger partial charge in [0, 0.05) is 12.6 Å². The first-order chi connectivity index (χ1) is 9.42. The maximum absolute atomic E-state index is 13.8. The van der Waals surface area contributed by atoms with E-state index in [0.717, 1.165) is 19.0 Å². The number of benzene rings is 1. The van der Waals surface area contributed by atoms with E-state index in [2.05, 4.69) is 12.2 Å². The molecular formula is C16H25F2NO. The summed E-state index contributed by atoms with van der Waals surface area (Å²) in [5, 5.41) is 3.38. The molecule has 0 spiro atoms. The van der Waals surface area contributed by atoms with Gasteiger partial charge in [-0.1, -0.05) is 19.1 Å². The van der Waals surface area contributed by atoms with Crippen LogP contribution in [-0.2, 0) is 11.2 Å². The van der Waals surface area contributed by atoms with Crippen LogP contribution in [0.25, 0.3) is 0 Å². The molecule has 1 rings (SSSR count). The second-order valence-electron chi connectivity index (χ2n) is 5.46. The number of ether oxygens (including phenoxy) is 1. The minimum absolute atomic E-state index is 0.0706. The van der Waals surface area contributed by atoms with E-state index in [9.17, 15) is 8.78 Å². The van der Waals surface area contributed by atoms with Gasteiger partial charge in [-0.05, 0) is 51.8 Å². The minimum Gasteiger partial charge on any atom is -0.374 e. The van der Waals surface area contributed by atoms with Crippen molar-refractivity contribution in [3.05, 3.63) is 35.4 Å². The quantitative estimate of drug-likeness (QED) is 0.786. The van der Waals surface area contributed by atoms with Gasteiger partial charge in [-0.15, -0.1) is 0 Å². The molecule has 0 heterocycles. The van der Waals surface area contributed by atoms with E-state index in [4.69, 9.17) is 4.74 Å². The third-order valence-electron chi connectivity index (χ3n) is 3.45. The Labute approximate surface area is 120 Å². The van der Waals surface area contributed by atoms with E-state index in [-0.39, 0.29) is 6.04 Å². The highest BCUT2D eigenvalue weighted by atomic mass is 19.2. The molecule has 1 aromatic carbocycles. The molecule has 0 bridgehead atoms. The Kier molecular flexibility index (Phi) is 6.56. The van der Waals surface area contributed by atoms with Crippen LogP contribution in [0.2, 0.25) is 0 Å². The predicted molar refractivity (Wildman–Crippen MR) is 77.8 cm³/mol. The van der Waals surface area contributed by atoms with Crippen molar-refractivity contribution in [1.82, 2.24) is 5.32 Å². The molecule has 4 heteroatoms. The van der Waals surface area contributed by atoms with Gasteiger partial charge in [-0.2, -0.15) is 0 Å². The highest BCUT2D eigenvalue weighted by molar-refractivity contribution is 5.20. The lowest BCUT2D eigenvalue weighted by molar-refractivity contribution is -0.0381. The summed E-state index contributed by atoms with van der Waals surface area (Å²) in [6, 6.07) is 4.24. The highest BCUT2D eigenvalue weighted by Crippen LogP contribution is 2.21. The number of hydrogen-bond acceptors (Lipinski definition) is 2. The van der Waals surface area contributed by atoms with Crippen molar-refractivity contribution in [2.24, 2.45) is 0 Å². The first-order valence-corrected chi connectivity index (χ1v) is 7.22. The van der Waals surface area contributed by atoms with Crippen LogP contribution in [0, 0.1) is 11.6 Å². The third-order valence-corrected chi connectivity index (χ3v) is 3.45. The lowest BCUT2D eigenvalue weighted by Crippen LogP contribution is -2.50. The summed E-state index contributed by atoms with van der Waals surface area (Å²) in [6.07, 6.45) is 1.38. The minimum atomic E-state index is -0.800. The Hall–Kier alpha value is -1.00. The molecule has 0 amide bonds. The molecule has 2 nitrogen and oxygen atoms in total. The molecule has 0 aliphatic heterocycles. The van der Waals surface area contributed by atoms with Gasteiger partial charge in [0.2, 0.25) is 0 Å². The molecule has 0 saturated carbocycles. The average molecular weight is 285 g/mol. The van der Waals surface area contributed by atoms with Gasteiger partial charge in [0.1, 0.15) is 0 Å². The monoisotopic (exact) mass is 285 g/mol. The fraction of sp³-hybridized carbons (Fsp3) is 0.625. The van der Waals surface area contributed by atoms with Crippen molar-refractivity contribution >= 4 is 0 Å². The summed E-state index contributed by atoms with van der Waals surface area (Å²) in [6.45, 7) is 9.35. The SMILES string of the molecule is CCCNC(Cc1cccc(F)c1F)C(C)(C)OCC. The maximum Gasteiger partial charge on any atom is 0.162 e. The number of rotatable bonds is 8. The molecule has 0 saturated heterocycles. The summed E-state index contributed by atoms with van der Waals surface area (Å²) in [4.78, 5) is 0. The lowest BCUT2D eigenvalue weighted by Gasteiger charge is -2.35. The highest BCUT2D eigenvalue weighted by Gasteiger charge is 2.30. The molecule has 0 aliphatic carbocycles. The van der Waals surface area contributed by atoms with Crippen LogP contribution in [-0.4, -0.2) is 24.8 Å². The van der Waals surface area contributed by atoms with E-state index in [0.29, 0.717) is 18.6 Å². The smallest absolute Gasteiger partial charge is 0.162 e. The number of nitrogens with one attached hydrogen (secondary N) is 1. The Morgan fingerprint density at radius 3 is 2.55 bits per heavy atom. The van der Waals surface area contributed by atoms with E-state index in [1.165, 1.54) is 6.07 Å². The van der Waals surface area contributed by atoms with Gasteiger partial charge in [-0.3, -0.25) is 0 Å². The van der Waals surface area contributed by atoms with Crippen molar-refractivity contribution < 1.29 is 13.5 Å². The Morgan fingerprint density at radius 2 is 1.95 bits per heavy atom. The molecule has 114 valence electrons. The first-order valence-electron chi connectivity index (χ1n) is 7.22. The van der Waals surface area contributed by atoms with Gasteiger partial charge >= 0.3 is 0 Å². The fourth-order valence-electron chi connectivity index (χ4n) is 2.28. The summed E-state index contributed by atoms with van der Waals surface area (Å²) >= 11 is 0. The van der Waals surface area contributed by atoms with Crippen molar-refractivity contribution in [3.8, 4) is 0 Å². The van der Waals surface area contributed by atoms with E-state index in [1.807, 2.05) is 20.8 Å². The molecule has 1 aromatic rings. The topological polar surface area (TPSA) is 21.3 Å². The van der Waals surface area contributed by atoms with E-state index >= 15 is 0 Å². The second kappa shape index (κ2) is 7.70. The molecule has 0 aliphatic rings. The van der Waals surface area contributed by atoms with Crippen molar-refractivity contribution in [1.29, 1.82) is 0 Å². The average Bonchev–Trinajstić information content (AvgIpc) is 2.39. The Morgan fingerprint density at radius 1 is 1.25 bits per heavy atom. The third kappa shape index (κ3) is 4.53. The van der Waals surface area contributed by atoms with Crippen LogP contribution in [0.4, 0.5) is 8.78 Å². The van der Waals surface area contributed by atoms with Crippen LogP contribution >= 0.6 is 0 Å². The fourth-order valence-corrected chi connectivity index (χ4v) is 2.28. The van der Waals surface area contributed by atoms with Crippen LogP contribution in [0.1, 0.15) is 39.7 Å². The number of hydrogen-bond donors (Lipinski definition) is 1. The number of halogens is 2. The molecule has 1 atom stereocenters. The lowest BCUT2D eigenvalue weighted by atomic mass is 9.91. The van der Waals surface area contributed by atoms with Crippen molar-refractivity contribution in [2.45, 2.75) is 52.2 Å². The van der Waals surface area contributed by atoms with Crippen LogP contribution in [0.15, 0.2) is 18.2 Å². The zero-order chi connectivity index (χ0) is 15.2. The van der Waals surface area contributed by atoms with Gasteiger partial charge in [0.05, 0.1) is 5.60 Å². The second-order valence-corrected chi connectivity index (χ2v) is 5.46. The first kappa shape index (κ1) is 17.1. The Bertz CT molecular complexity index is 421.